The van der Waals surface area contributed by atoms with Crippen molar-refractivity contribution in [2.24, 2.45) is 11.8 Å². The summed E-state index contributed by atoms with van der Waals surface area (Å²) in [5.74, 6) is 1.99. The Morgan fingerprint density at radius 2 is 1.69 bits per heavy atom. The van der Waals surface area contributed by atoms with Gasteiger partial charge in [-0.05, 0) is 31.1 Å². The number of hydrogen-bond donors (Lipinski definition) is 0. The highest BCUT2D eigenvalue weighted by molar-refractivity contribution is 4.93. The molecule has 0 aromatic carbocycles. The molecule has 0 spiro atoms. The summed E-state index contributed by atoms with van der Waals surface area (Å²) in [4.78, 5) is 0. The highest BCUT2D eigenvalue weighted by Crippen LogP contribution is 2.46. The Morgan fingerprint density at radius 1 is 0.846 bits per heavy atom. The van der Waals surface area contributed by atoms with E-state index in [1.165, 1.54) is 51.4 Å². The molecule has 3 fully saturated rings. The van der Waals surface area contributed by atoms with E-state index in [2.05, 4.69) is 0 Å². The summed E-state index contributed by atoms with van der Waals surface area (Å²) in [6.07, 6.45) is 12.9. The molecule has 3 aliphatic rings. The SMILES string of the molecule is C1CCC(C2CC3CCC2O3)CC1. The zero-order valence-electron chi connectivity index (χ0n) is 8.37. The van der Waals surface area contributed by atoms with E-state index >= 15 is 0 Å². The second kappa shape index (κ2) is 3.27. The van der Waals surface area contributed by atoms with Crippen molar-refractivity contribution in [2.45, 2.75) is 63.6 Å². The summed E-state index contributed by atoms with van der Waals surface area (Å²) in [5, 5.41) is 0. The van der Waals surface area contributed by atoms with Crippen LogP contribution in [0.3, 0.4) is 0 Å². The van der Waals surface area contributed by atoms with E-state index in [4.69, 9.17) is 4.74 Å². The van der Waals surface area contributed by atoms with Gasteiger partial charge in [0.25, 0.3) is 0 Å². The second-order valence-electron chi connectivity index (χ2n) is 5.17. The molecule has 0 aromatic rings. The molecule has 1 aliphatic carbocycles. The summed E-state index contributed by atoms with van der Waals surface area (Å²) in [5.41, 5.74) is 0. The van der Waals surface area contributed by atoms with Crippen molar-refractivity contribution in [3.05, 3.63) is 0 Å². The number of ether oxygens (including phenoxy) is 1. The minimum Gasteiger partial charge on any atom is -0.375 e. The van der Waals surface area contributed by atoms with E-state index in [0.717, 1.165) is 11.8 Å². The maximum absolute atomic E-state index is 5.94. The van der Waals surface area contributed by atoms with E-state index in [-0.39, 0.29) is 0 Å². The summed E-state index contributed by atoms with van der Waals surface area (Å²) in [6.45, 7) is 0. The molecule has 0 N–H and O–H groups in total. The standard InChI is InChI=1S/C12H20O/c1-2-4-9(5-3-1)11-8-10-6-7-12(11)13-10/h9-12H,1-8H2. The minimum atomic E-state index is 0.664. The molecule has 3 unspecified atom stereocenters. The largest absolute Gasteiger partial charge is 0.375 e. The van der Waals surface area contributed by atoms with Crippen LogP contribution < -0.4 is 0 Å². The van der Waals surface area contributed by atoms with E-state index in [0.29, 0.717) is 12.2 Å². The Bertz CT molecular complexity index is 184. The van der Waals surface area contributed by atoms with Crippen LogP contribution in [0, 0.1) is 11.8 Å². The molecule has 0 aromatic heterocycles. The molecular formula is C12H20O. The Morgan fingerprint density at radius 3 is 2.31 bits per heavy atom. The van der Waals surface area contributed by atoms with Crippen molar-refractivity contribution < 1.29 is 4.74 Å². The normalized spacial score (nSPS) is 45.7. The highest BCUT2D eigenvalue weighted by Gasteiger charge is 2.44. The third kappa shape index (κ3) is 1.41. The average molecular weight is 180 g/mol. The first kappa shape index (κ1) is 8.28. The monoisotopic (exact) mass is 180 g/mol. The number of hydrogen-bond acceptors (Lipinski definition) is 1. The Labute approximate surface area is 80.8 Å². The Balaban J connectivity index is 1.65. The van der Waals surface area contributed by atoms with Gasteiger partial charge < -0.3 is 4.74 Å². The molecule has 2 bridgehead atoms. The molecule has 3 rings (SSSR count). The molecule has 0 radical (unpaired) electrons. The van der Waals surface area contributed by atoms with Crippen molar-refractivity contribution >= 4 is 0 Å². The first-order chi connectivity index (χ1) is 6.43. The van der Waals surface area contributed by atoms with Gasteiger partial charge in [-0.3, -0.25) is 0 Å². The third-order valence-corrected chi connectivity index (χ3v) is 4.41. The van der Waals surface area contributed by atoms with Crippen LogP contribution in [0.4, 0.5) is 0 Å². The van der Waals surface area contributed by atoms with Gasteiger partial charge in [0.05, 0.1) is 12.2 Å². The van der Waals surface area contributed by atoms with Crippen LogP contribution in [-0.4, -0.2) is 12.2 Å². The lowest BCUT2D eigenvalue weighted by Crippen LogP contribution is -2.26. The van der Waals surface area contributed by atoms with Gasteiger partial charge in [-0.25, -0.2) is 0 Å². The fourth-order valence-corrected chi connectivity index (χ4v) is 3.74. The van der Waals surface area contributed by atoms with Gasteiger partial charge in [-0.2, -0.15) is 0 Å². The van der Waals surface area contributed by atoms with E-state index in [1.54, 1.807) is 0 Å². The van der Waals surface area contributed by atoms with Gasteiger partial charge in [0.2, 0.25) is 0 Å². The molecule has 74 valence electrons. The fraction of sp³-hybridized carbons (Fsp3) is 1.00. The third-order valence-electron chi connectivity index (χ3n) is 4.41. The second-order valence-corrected chi connectivity index (χ2v) is 5.17. The first-order valence-electron chi connectivity index (χ1n) is 6.09. The van der Waals surface area contributed by atoms with Gasteiger partial charge in [-0.15, -0.1) is 0 Å². The number of fused-ring (bicyclic) bond motifs is 2. The maximum atomic E-state index is 5.94. The van der Waals surface area contributed by atoms with E-state index in [9.17, 15) is 0 Å². The Kier molecular flexibility index (Phi) is 2.08. The summed E-state index contributed by atoms with van der Waals surface area (Å²) in [6, 6.07) is 0. The van der Waals surface area contributed by atoms with Gasteiger partial charge >= 0.3 is 0 Å². The lowest BCUT2D eigenvalue weighted by atomic mass is 9.73. The molecule has 0 amide bonds. The van der Waals surface area contributed by atoms with Crippen LogP contribution in [0.2, 0.25) is 0 Å². The summed E-state index contributed by atoms with van der Waals surface area (Å²) < 4.78 is 5.94. The van der Waals surface area contributed by atoms with Crippen molar-refractivity contribution in [3.8, 4) is 0 Å². The average Bonchev–Trinajstić information content (AvgIpc) is 2.80. The highest BCUT2D eigenvalue weighted by atomic mass is 16.5. The molecule has 2 aliphatic heterocycles. The Hall–Kier alpha value is -0.0400. The smallest absolute Gasteiger partial charge is 0.0611 e. The molecule has 1 nitrogen and oxygen atoms in total. The zero-order valence-corrected chi connectivity index (χ0v) is 8.37. The van der Waals surface area contributed by atoms with Crippen LogP contribution in [0.25, 0.3) is 0 Å². The van der Waals surface area contributed by atoms with Crippen molar-refractivity contribution in [1.82, 2.24) is 0 Å². The van der Waals surface area contributed by atoms with Gasteiger partial charge in [-0.1, -0.05) is 32.1 Å². The molecule has 13 heavy (non-hydrogen) atoms. The van der Waals surface area contributed by atoms with Gasteiger partial charge in [0.15, 0.2) is 0 Å². The molecule has 1 saturated carbocycles. The predicted octanol–water partition coefficient (Wildman–Crippen LogP) is 3.13. The molecule has 1 heteroatoms. The van der Waals surface area contributed by atoms with Crippen LogP contribution in [0.5, 0.6) is 0 Å². The zero-order chi connectivity index (χ0) is 8.67. The van der Waals surface area contributed by atoms with Crippen LogP contribution in [0.1, 0.15) is 51.4 Å². The lowest BCUT2D eigenvalue weighted by Gasteiger charge is -2.31. The quantitative estimate of drug-likeness (QED) is 0.602. The van der Waals surface area contributed by atoms with Crippen LogP contribution in [0.15, 0.2) is 0 Å². The predicted molar refractivity (Wildman–Crippen MR) is 52.6 cm³/mol. The molecular weight excluding hydrogens is 160 g/mol. The van der Waals surface area contributed by atoms with Crippen LogP contribution >= 0.6 is 0 Å². The lowest BCUT2D eigenvalue weighted by molar-refractivity contribution is 0.0758. The van der Waals surface area contributed by atoms with Crippen LogP contribution in [-0.2, 0) is 4.74 Å². The van der Waals surface area contributed by atoms with Crippen molar-refractivity contribution in [1.29, 1.82) is 0 Å². The molecule has 2 heterocycles. The minimum absolute atomic E-state index is 0.664. The molecule has 2 saturated heterocycles. The number of rotatable bonds is 1. The van der Waals surface area contributed by atoms with Crippen molar-refractivity contribution in [2.75, 3.05) is 0 Å². The van der Waals surface area contributed by atoms with E-state index in [1.807, 2.05) is 0 Å². The summed E-state index contributed by atoms with van der Waals surface area (Å²) >= 11 is 0. The van der Waals surface area contributed by atoms with Gasteiger partial charge in [0.1, 0.15) is 0 Å². The topological polar surface area (TPSA) is 9.23 Å². The van der Waals surface area contributed by atoms with Gasteiger partial charge in [0, 0.05) is 0 Å². The molecule has 3 atom stereocenters. The van der Waals surface area contributed by atoms with E-state index < -0.39 is 0 Å². The summed E-state index contributed by atoms with van der Waals surface area (Å²) in [7, 11) is 0. The first-order valence-corrected chi connectivity index (χ1v) is 6.09. The maximum Gasteiger partial charge on any atom is 0.0611 e. The fourth-order valence-electron chi connectivity index (χ4n) is 3.74. The van der Waals surface area contributed by atoms with Crippen molar-refractivity contribution in [3.63, 3.8) is 0 Å².